The zero-order valence-corrected chi connectivity index (χ0v) is 14.5. The largest absolute Gasteiger partial charge is 0.492 e. The van der Waals surface area contributed by atoms with Crippen molar-refractivity contribution in [2.45, 2.75) is 45.9 Å². The molecule has 1 heterocycles. The molecule has 1 aliphatic rings. The maximum atomic E-state index is 12.3. The van der Waals surface area contributed by atoms with E-state index >= 15 is 0 Å². The van der Waals surface area contributed by atoms with Gasteiger partial charge in [-0.05, 0) is 45.4 Å². The van der Waals surface area contributed by atoms with Crippen molar-refractivity contribution in [2.75, 3.05) is 26.2 Å². The Morgan fingerprint density at radius 1 is 1.39 bits per heavy atom. The van der Waals surface area contributed by atoms with Crippen molar-refractivity contribution in [3.63, 3.8) is 0 Å². The minimum atomic E-state index is -0.150. The first kappa shape index (κ1) is 17.8. The number of ether oxygens (including phenoxy) is 2. The molecule has 1 aromatic carbocycles. The second-order valence-corrected chi connectivity index (χ2v) is 6.34. The van der Waals surface area contributed by atoms with Gasteiger partial charge in [0.25, 0.3) is 0 Å². The van der Waals surface area contributed by atoms with Crippen LogP contribution < -0.4 is 10.1 Å². The van der Waals surface area contributed by atoms with Crippen LogP contribution >= 0.6 is 0 Å². The Kier molecular flexibility index (Phi) is 6.42. The van der Waals surface area contributed by atoms with Crippen molar-refractivity contribution < 1.29 is 14.3 Å². The average Bonchev–Trinajstić information content (AvgIpc) is 2.49. The Balaban J connectivity index is 1.71. The SMILES string of the molecule is Cc1cccc(OCCNC(=O)C(C)N2CC(C)OC(C)C2)c1. The molecule has 0 radical (unpaired) electrons. The summed E-state index contributed by atoms with van der Waals surface area (Å²) in [5.74, 6) is 0.877. The summed E-state index contributed by atoms with van der Waals surface area (Å²) < 4.78 is 11.4. The zero-order valence-electron chi connectivity index (χ0n) is 14.5. The molecule has 0 aliphatic carbocycles. The van der Waals surface area contributed by atoms with Crippen LogP contribution in [0.4, 0.5) is 0 Å². The van der Waals surface area contributed by atoms with Gasteiger partial charge in [0.2, 0.25) is 5.91 Å². The Hall–Kier alpha value is -1.59. The van der Waals surface area contributed by atoms with E-state index in [4.69, 9.17) is 9.47 Å². The molecule has 1 N–H and O–H groups in total. The number of hydrogen-bond donors (Lipinski definition) is 1. The molecule has 23 heavy (non-hydrogen) atoms. The van der Waals surface area contributed by atoms with Crippen LogP contribution in [0.2, 0.25) is 0 Å². The minimum Gasteiger partial charge on any atom is -0.492 e. The van der Waals surface area contributed by atoms with Gasteiger partial charge in [0.05, 0.1) is 24.8 Å². The molecule has 0 spiro atoms. The van der Waals surface area contributed by atoms with Crippen LogP contribution in [0.3, 0.4) is 0 Å². The third-order valence-electron chi connectivity index (χ3n) is 4.03. The molecule has 1 aliphatic heterocycles. The van der Waals surface area contributed by atoms with Crippen LogP contribution in [-0.2, 0) is 9.53 Å². The van der Waals surface area contributed by atoms with E-state index in [2.05, 4.69) is 10.2 Å². The maximum Gasteiger partial charge on any atom is 0.237 e. The van der Waals surface area contributed by atoms with E-state index in [0.717, 1.165) is 24.4 Å². The number of rotatable bonds is 6. The summed E-state index contributed by atoms with van der Waals surface area (Å²) in [7, 11) is 0. The van der Waals surface area contributed by atoms with Gasteiger partial charge in [0.15, 0.2) is 0 Å². The number of nitrogens with zero attached hydrogens (tertiary/aromatic N) is 1. The predicted octanol–water partition coefficient (Wildman–Crippen LogP) is 1.99. The van der Waals surface area contributed by atoms with Crippen LogP contribution in [0.5, 0.6) is 5.75 Å². The molecular weight excluding hydrogens is 292 g/mol. The normalized spacial score (nSPS) is 23.3. The Morgan fingerprint density at radius 3 is 2.74 bits per heavy atom. The van der Waals surface area contributed by atoms with E-state index in [0.29, 0.717) is 13.2 Å². The number of aryl methyl sites for hydroxylation is 1. The molecule has 128 valence electrons. The van der Waals surface area contributed by atoms with Crippen LogP contribution in [0, 0.1) is 6.92 Å². The summed E-state index contributed by atoms with van der Waals surface area (Å²) in [4.78, 5) is 14.4. The van der Waals surface area contributed by atoms with Gasteiger partial charge in [-0.2, -0.15) is 0 Å². The molecular formula is C18H28N2O3. The summed E-state index contributed by atoms with van der Waals surface area (Å²) in [6, 6.07) is 7.75. The number of hydrogen-bond acceptors (Lipinski definition) is 4. The molecule has 0 saturated carbocycles. The highest BCUT2D eigenvalue weighted by Crippen LogP contribution is 2.14. The molecule has 5 nitrogen and oxygen atoms in total. The summed E-state index contributed by atoms with van der Waals surface area (Å²) in [5, 5.41) is 2.95. The summed E-state index contributed by atoms with van der Waals surface area (Å²) in [6.45, 7) is 10.6. The van der Waals surface area contributed by atoms with Gasteiger partial charge in [-0.3, -0.25) is 9.69 Å². The Bertz CT molecular complexity index is 511. The number of carbonyl (C=O) groups is 1. The third kappa shape index (κ3) is 5.52. The lowest BCUT2D eigenvalue weighted by Gasteiger charge is -2.38. The van der Waals surface area contributed by atoms with Gasteiger partial charge in [-0.25, -0.2) is 0 Å². The standard InChI is InChI=1S/C18H28N2O3/c1-13-6-5-7-17(10-13)22-9-8-19-18(21)16(4)20-11-14(2)23-15(3)12-20/h5-7,10,14-16H,8-9,11-12H2,1-4H3,(H,19,21). The fourth-order valence-corrected chi connectivity index (χ4v) is 2.90. The van der Waals surface area contributed by atoms with Crippen molar-refractivity contribution in [1.29, 1.82) is 0 Å². The summed E-state index contributed by atoms with van der Waals surface area (Å²) >= 11 is 0. The number of benzene rings is 1. The molecule has 0 aromatic heterocycles. The van der Waals surface area contributed by atoms with Crippen LogP contribution in [0.25, 0.3) is 0 Å². The topological polar surface area (TPSA) is 50.8 Å². The lowest BCUT2D eigenvalue weighted by Crippen LogP contribution is -2.54. The first-order chi connectivity index (χ1) is 11.0. The van der Waals surface area contributed by atoms with E-state index < -0.39 is 0 Å². The molecule has 0 bridgehead atoms. The highest BCUT2D eigenvalue weighted by Gasteiger charge is 2.28. The van der Waals surface area contributed by atoms with Crippen LogP contribution in [-0.4, -0.2) is 55.3 Å². The van der Waals surface area contributed by atoms with Crippen molar-refractivity contribution in [3.8, 4) is 5.75 Å². The fourth-order valence-electron chi connectivity index (χ4n) is 2.90. The van der Waals surface area contributed by atoms with Crippen molar-refractivity contribution in [2.24, 2.45) is 0 Å². The Labute approximate surface area is 139 Å². The maximum absolute atomic E-state index is 12.3. The lowest BCUT2D eigenvalue weighted by molar-refractivity contribution is -0.131. The van der Waals surface area contributed by atoms with E-state index in [1.54, 1.807) is 0 Å². The predicted molar refractivity (Wildman–Crippen MR) is 90.7 cm³/mol. The highest BCUT2D eigenvalue weighted by molar-refractivity contribution is 5.81. The van der Waals surface area contributed by atoms with E-state index in [1.807, 2.05) is 52.0 Å². The van der Waals surface area contributed by atoms with E-state index in [-0.39, 0.29) is 24.2 Å². The number of nitrogens with one attached hydrogen (secondary N) is 1. The monoisotopic (exact) mass is 320 g/mol. The molecule has 3 atom stereocenters. The van der Waals surface area contributed by atoms with Gasteiger partial charge < -0.3 is 14.8 Å². The molecule has 1 amide bonds. The summed E-state index contributed by atoms with van der Waals surface area (Å²) in [5.41, 5.74) is 1.16. The van der Waals surface area contributed by atoms with Gasteiger partial charge in [-0.15, -0.1) is 0 Å². The van der Waals surface area contributed by atoms with Crippen molar-refractivity contribution >= 4 is 5.91 Å². The molecule has 5 heteroatoms. The number of morpholine rings is 1. The van der Waals surface area contributed by atoms with Gasteiger partial charge in [0, 0.05) is 13.1 Å². The second kappa shape index (κ2) is 8.31. The van der Waals surface area contributed by atoms with Gasteiger partial charge >= 0.3 is 0 Å². The fraction of sp³-hybridized carbons (Fsp3) is 0.611. The highest BCUT2D eigenvalue weighted by atomic mass is 16.5. The van der Waals surface area contributed by atoms with Crippen LogP contribution in [0.1, 0.15) is 26.3 Å². The minimum absolute atomic E-state index is 0.0409. The van der Waals surface area contributed by atoms with Gasteiger partial charge in [0.1, 0.15) is 12.4 Å². The van der Waals surface area contributed by atoms with E-state index in [1.165, 1.54) is 0 Å². The Morgan fingerprint density at radius 2 is 2.09 bits per heavy atom. The zero-order chi connectivity index (χ0) is 16.8. The van der Waals surface area contributed by atoms with Crippen molar-refractivity contribution in [3.05, 3.63) is 29.8 Å². The van der Waals surface area contributed by atoms with Crippen LogP contribution in [0.15, 0.2) is 24.3 Å². The second-order valence-electron chi connectivity index (χ2n) is 6.34. The molecule has 1 aromatic rings. The molecule has 2 rings (SSSR count). The first-order valence-electron chi connectivity index (χ1n) is 8.32. The molecule has 3 unspecified atom stereocenters. The van der Waals surface area contributed by atoms with Crippen molar-refractivity contribution in [1.82, 2.24) is 10.2 Å². The quantitative estimate of drug-likeness (QED) is 0.815. The van der Waals surface area contributed by atoms with Gasteiger partial charge in [-0.1, -0.05) is 12.1 Å². The number of amides is 1. The average molecular weight is 320 g/mol. The lowest BCUT2D eigenvalue weighted by atomic mass is 10.1. The summed E-state index contributed by atoms with van der Waals surface area (Å²) in [6.07, 6.45) is 0.331. The third-order valence-corrected chi connectivity index (χ3v) is 4.03. The molecule has 1 saturated heterocycles. The number of carbonyl (C=O) groups excluding carboxylic acids is 1. The molecule has 1 fully saturated rings. The smallest absolute Gasteiger partial charge is 0.237 e. The van der Waals surface area contributed by atoms with E-state index in [9.17, 15) is 4.79 Å². The first-order valence-corrected chi connectivity index (χ1v) is 8.32.